The van der Waals surface area contributed by atoms with Crippen LogP contribution in [0.1, 0.15) is 18.1 Å². The fraction of sp³-hybridized carbons (Fsp3) is 0.400. The van der Waals surface area contributed by atoms with Gasteiger partial charge in [0.1, 0.15) is 5.82 Å². The molecule has 1 nitrogen and oxygen atoms in total. The van der Waals surface area contributed by atoms with E-state index in [9.17, 15) is 13.2 Å². The summed E-state index contributed by atoms with van der Waals surface area (Å²) in [5.41, 5.74) is 0.0932. The van der Waals surface area contributed by atoms with Crippen LogP contribution in [-0.2, 0) is 12.5 Å². The molecule has 0 fully saturated rings. The second kappa shape index (κ2) is 4.00. The summed E-state index contributed by atoms with van der Waals surface area (Å²) in [5, 5.41) is 2.72. The van der Waals surface area contributed by atoms with Gasteiger partial charge in [-0.25, -0.2) is 13.2 Å². The first kappa shape index (κ1) is 11.0. The van der Waals surface area contributed by atoms with Gasteiger partial charge in [-0.15, -0.1) is 0 Å². The monoisotopic (exact) mass is 203 g/mol. The van der Waals surface area contributed by atoms with Crippen LogP contribution in [0.5, 0.6) is 0 Å². The van der Waals surface area contributed by atoms with E-state index in [-0.39, 0.29) is 17.7 Å². The Balaban J connectivity index is 3.06. The third-order valence-electron chi connectivity index (χ3n) is 1.92. The van der Waals surface area contributed by atoms with Gasteiger partial charge < -0.3 is 5.32 Å². The van der Waals surface area contributed by atoms with Crippen molar-refractivity contribution in [2.45, 2.75) is 19.4 Å². The van der Waals surface area contributed by atoms with Crippen LogP contribution in [0.15, 0.2) is 18.2 Å². The number of hydrogen-bond donors (Lipinski definition) is 1. The van der Waals surface area contributed by atoms with E-state index >= 15 is 0 Å². The SMILES string of the molecule is CNCc1cc(C(C)(F)F)ccc1F. The molecule has 0 radical (unpaired) electrons. The van der Waals surface area contributed by atoms with Crippen molar-refractivity contribution >= 4 is 0 Å². The molecule has 1 aromatic carbocycles. The Hall–Kier alpha value is -1.03. The summed E-state index contributed by atoms with van der Waals surface area (Å²) in [5.74, 6) is -3.39. The first-order valence-electron chi connectivity index (χ1n) is 4.26. The minimum Gasteiger partial charge on any atom is -0.316 e. The van der Waals surface area contributed by atoms with Crippen molar-refractivity contribution in [2.24, 2.45) is 0 Å². The van der Waals surface area contributed by atoms with E-state index in [2.05, 4.69) is 5.32 Å². The Morgan fingerprint density at radius 2 is 2.00 bits per heavy atom. The number of halogens is 3. The molecule has 0 aliphatic carbocycles. The van der Waals surface area contributed by atoms with E-state index in [1.807, 2.05) is 0 Å². The second-order valence-corrected chi connectivity index (χ2v) is 3.22. The van der Waals surface area contributed by atoms with Gasteiger partial charge in [-0.1, -0.05) is 6.07 Å². The Morgan fingerprint density at radius 1 is 1.36 bits per heavy atom. The molecule has 0 heterocycles. The van der Waals surface area contributed by atoms with Gasteiger partial charge in [0.05, 0.1) is 0 Å². The van der Waals surface area contributed by atoms with Crippen molar-refractivity contribution in [3.05, 3.63) is 35.1 Å². The molecule has 1 N–H and O–H groups in total. The molecule has 1 rings (SSSR count). The molecule has 0 aromatic heterocycles. The van der Waals surface area contributed by atoms with Crippen LogP contribution in [0.2, 0.25) is 0 Å². The number of benzene rings is 1. The highest BCUT2D eigenvalue weighted by Crippen LogP contribution is 2.28. The van der Waals surface area contributed by atoms with Crippen molar-refractivity contribution in [3.8, 4) is 0 Å². The molecule has 1 aromatic rings. The lowest BCUT2D eigenvalue weighted by atomic mass is 10.1. The molecule has 0 bridgehead atoms. The first-order valence-corrected chi connectivity index (χ1v) is 4.26. The molecule has 14 heavy (non-hydrogen) atoms. The summed E-state index contributed by atoms with van der Waals surface area (Å²) in [7, 11) is 1.64. The van der Waals surface area contributed by atoms with Crippen molar-refractivity contribution in [3.63, 3.8) is 0 Å². The molecule has 0 amide bonds. The third kappa shape index (κ3) is 2.48. The maximum absolute atomic E-state index is 13.1. The summed E-state index contributed by atoms with van der Waals surface area (Å²) in [4.78, 5) is 0. The minimum absolute atomic E-state index is 0.163. The quantitative estimate of drug-likeness (QED) is 0.796. The van der Waals surface area contributed by atoms with Crippen molar-refractivity contribution in [1.29, 1.82) is 0 Å². The lowest BCUT2D eigenvalue weighted by Crippen LogP contribution is -2.11. The Kier molecular flexibility index (Phi) is 3.16. The van der Waals surface area contributed by atoms with E-state index in [0.717, 1.165) is 19.1 Å². The Bertz CT molecular complexity index is 318. The summed E-state index contributed by atoms with van der Waals surface area (Å²) >= 11 is 0. The maximum Gasteiger partial charge on any atom is 0.270 e. The van der Waals surface area contributed by atoms with Gasteiger partial charge in [0.2, 0.25) is 0 Å². The van der Waals surface area contributed by atoms with Crippen LogP contribution >= 0.6 is 0 Å². The molecule has 0 spiro atoms. The molecular weight excluding hydrogens is 191 g/mol. The first-order chi connectivity index (χ1) is 6.45. The zero-order valence-corrected chi connectivity index (χ0v) is 8.07. The molecule has 0 saturated heterocycles. The highest BCUT2D eigenvalue weighted by atomic mass is 19.3. The van der Waals surface area contributed by atoms with Gasteiger partial charge in [-0.05, 0) is 19.2 Å². The predicted molar refractivity (Wildman–Crippen MR) is 48.7 cm³/mol. The van der Waals surface area contributed by atoms with E-state index in [0.29, 0.717) is 0 Å². The average molecular weight is 203 g/mol. The highest BCUT2D eigenvalue weighted by Gasteiger charge is 2.24. The van der Waals surface area contributed by atoms with Gasteiger partial charge in [-0.3, -0.25) is 0 Å². The normalized spacial score (nSPS) is 11.8. The smallest absolute Gasteiger partial charge is 0.270 e. The fourth-order valence-corrected chi connectivity index (χ4v) is 1.17. The number of rotatable bonds is 3. The van der Waals surface area contributed by atoms with Gasteiger partial charge in [0.15, 0.2) is 0 Å². The average Bonchev–Trinajstić information content (AvgIpc) is 2.07. The van der Waals surface area contributed by atoms with Crippen molar-refractivity contribution in [2.75, 3.05) is 7.05 Å². The maximum atomic E-state index is 13.1. The highest BCUT2D eigenvalue weighted by molar-refractivity contribution is 5.27. The number of alkyl halides is 2. The molecule has 0 atom stereocenters. The van der Waals surface area contributed by atoms with Crippen LogP contribution in [-0.4, -0.2) is 7.05 Å². The Labute approximate surface area is 80.9 Å². The molecular formula is C10H12F3N. The van der Waals surface area contributed by atoms with E-state index in [1.165, 1.54) is 6.07 Å². The standard InChI is InChI=1S/C10H12F3N/c1-10(12,13)8-3-4-9(11)7(5-8)6-14-2/h3-5,14H,6H2,1-2H3. The minimum atomic E-state index is -2.92. The zero-order chi connectivity index (χ0) is 10.8. The van der Waals surface area contributed by atoms with Crippen LogP contribution in [0.25, 0.3) is 0 Å². The lowest BCUT2D eigenvalue weighted by Gasteiger charge is -2.12. The van der Waals surface area contributed by atoms with Crippen LogP contribution < -0.4 is 5.32 Å². The van der Waals surface area contributed by atoms with E-state index < -0.39 is 11.7 Å². The molecule has 0 aliphatic heterocycles. The van der Waals surface area contributed by atoms with Gasteiger partial charge in [-0.2, -0.15) is 0 Å². The largest absolute Gasteiger partial charge is 0.316 e. The third-order valence-corrected chi connectivity index (χ3v) is 1.92. The fourth-order valence-electron chi connectivity index (χ4n) is 1.17. The van der Waals surface area contributed by atoms with Crippen LogP contribution in [0.4, 0.5) is 13.2 Å². The molecule has 4 heteroatoms. The lowest BCUT2D eigenvalue weighted by molar-refractivity contribution is 0.0173. The van der Waals surface area contributed by atoms with Gasteiger partial charge in [0, 0.05) is 24.6 Å². The van der Waals surface area contributed by atoms with Gasteiger partial charge in [0.25, 0.3) is 5.92 Å². The molecule has 0 saturated carbocycles. The summed E-state index contributed by atoms with van der Waals surface area (Å²) < 4.78 is 38.8. The number of nitrogens with one attached hydrogen (secondary N) is 1. The van der Waals surface area contributed by atoms with Crippen molar-refractivity contribution < 1.29 is 13.2 Å². The van der Waals surface area contributed by atoms with Crippen LogP contribution in [0, 0.1) is 5.82 Å². The molecule has 78 valence electrons. The summed E-state index contributed by atoms with van der Waals surface area (Å²) in [6.45, 7) is 1.04. The van der Waals surface area contributed by atoms with E-state index in [4.69, 9.17) is 0 Å². The molecule has 0 unspecified atom stereocenters. The van der Waals surface area contributed by atoms with E-state index in [1.54, 1.807) is 7.05 Å². The Morgan fingerprint density at radius 3 is 2.50 bits per heavy atom. The van der Waals surface area contributed by atoms with Crippen LogP contribution in [0.3, 0.4) is 0 Å². The second-order valence-electron chi connectivity index (χ2n) is 3.22. The summed E-state index contributed by atoms with van der Waals surface area (Å²) in [6, 6.07) is 3.36. The predicted octanol–water partition coefficient (Wildman–Crippen LogP) is 2.66. The van der Waals surface area contributed by atoms with Gasteiger partial charge >= 0.3 is 0 Å². The van der Waals surface area contributed by atoms with Crippen molar-refractivity contribution in [1.82, 2.24) is 5.32 Å². The molecule has 0 aliphatic rings. The summed E-state index contributed by atoms with van der Waals surface area (Å²) in [6.07, 6.45) is 0. The zero-order valence-electron chi connectivity index (χ0n) is 8.07. The number of hydrogen-bond acceptors (Lipinski definition) is 1. The topological polar surface area (TPSA) is 12.0 Å².